The fourth-order valence-electron chi connectivity index (χ4n) is 1.35. The Balaban J connectivity index is 1.94. The molecule has 2 aromatic heterocycles. The van der Waals surface area contributed by atoms with E-state index in [1.807, 2.05) is 19.3 Å². The lowest BCUT2D eigenvalue weighted by molar-refractivity contribution is 0.0944. The van der Waals surface area contributed by atoms with E-state index in [-0.39, 0.29) is 11.6 Å². The summed E-state index contributed by atoms with van der Waals surface area (Å²) in [7, 11) is 1.81. The maximum atomic E-state index is 11.7. The molecule has 0 aliphatic heterocycles. The summed E-state index contributed by atoms with van der Waals surface area (Å²) in [5, 5.41) is 14.3. The third-order valence-electron chi connectivity index (χ3n) is 2.24. The molecule has 0 aliphatic carbocycles. The number of nitrogens with zero attached hydrogens (tertiary/aromatic N) is 4. The molecule has 2 heterocycles. The molecule has 1 amide bonds. The first-order chi connectivity index (χ1) is 8.69. The third-order valence-corrected chi connectivity index (χ3v) is 2.24. The average Bonchev–Trinajstić information content (AvgIpc) is 2.82. The Morgan fingerprint density at radius 1 is 1.39 bits per heavy atom. The van der Waals surface area contributed by atoms with Gasteiger partial charge in [0.25, 0.3) is 5.91 Å². The minimum atomic E-state index is -0.309. The summed E-state index contributed by atoms with van der Waals surface area (Å²) in [4.78, 5) is 11.7. The maximum absolute atomic E-state index is 11.7. The van der Waals surface area contributed by atoms with Gasteiger partial charge >= 0.3 is 0 Å². The van der Waals surface area contributed by atoms with Crippen molar-refractivity contribution in [2.24, 2.45) is 12.9 Å². The van der Waals surface area contributed by atoms with E-state index in [1.54, 1.807) is 10.7 Å². The van der Waals surface area contributed by atoms with Crippen LogP contribution in [0.4, 0.5) is 5.82 Å². The van der Waals surface area contributed by atoms with Gasteiger partial charge in [0.05, 0.1) is 12.2 Å². The van der Waals surface area contributed by atoms with Crippen LogP contribution in [0.1, 0.15) is 16.2 Å². The van der Waals surface area contributed by atoms with E-state index >= 15 is 0 Å². The molecule has 0 aliphatic rings. The number of nitrogens with one attached hydrogen (secondary N) is 2. The number of amides is 1. The molecule has 18 heavy (non-hydrogen) atoms. The van der Waals surface area contributed by atoms with E-state index in [4.69, 9.17) is 5.84 Å². The molecule has 8 heteroatoms. The minimum Gasteiger partial charge on any atom is -0.345 e. The largest absolute Gasteiger partial charge is 0.345 e. The van der Waals surface area contributed by atoms with E-state index in [2.05, 4.69) is 26.0 Å². The zero-order valence-corrected chi connectivity index (χ0v) is 9.79. The smallest absolute Gasteiger partial charge is 0.272 e. The first-order valence-corrected chi connectivity index (χ1v) is 5.26. The molecule has 0 atom stereocenters. The monoisotopic (exact) mass is 247 g/mol. The summed E-state index contributed by atoms with van der Waals surface area (Å²) in [6.07, 6.45) is 1.81. The fraction of sp³-hybridized carbons (Fsp3) is 0.200. The molecule has 4 N–H and O–H groups in total. The van der Waals surface area contributed by atoms with Crippen molar-refractivity contribution in [1.82, 2.24) is 25.3 Å². The molecule has 0 aromatic carbocycles. The number of anilines is 1. The maximum Gasteiger partial charge on any atom is 0.272 e. The summed E-state index contributed by atoms with van der Waals surface area (Å²) >= 11 is 0. The van der Waals surface area contributed by atoms with Gasteiger partial charge in [-0.1, -0.05) is 0 Å². The van der Waals surface area contributed by atoms with Gasteiger partial charge in [0.1, 0.15) is 0 Å². The summed E-state index contributed by atoms with van der Waals surface area (Å²) in [6, 6.07) is 4.94. The minimum absolute atomic E-state index is 0.227. The molecule has 2 rings (SSSR count). The topological polar surface area (TPSA) is 111 Å². The van der Waals surface area contributed by atoms with Gasteiger partial charge in [-0.3, -0.25) is 9.48 Å². The number of rotatable bonds is 4. The Bertz CT molecular complexity index is 533. The lowest BCUT2D eigenvalue weighted by Crippen LogP contribution is -2.24. The van der Waals surface area contributed by atoms with Crippen LogP contribution in [-0.4, -0.2) is 25.9 Å². The number of aromatic nitrogens is 4. The first kappa shape index (κ1) is 12.0. The summed E-state index contributed by atoms with van der Waals surface area (Å²) in [5.74, 6) is 5.24. The number of aryl methyl sites for hydroxylation is 1. The molecular weight excluding hydrogens is 234 g/mol. The quantitative estimate of drug-likeness (QED) is 0.492. The summed E-state index contributed by atoms with van der Waals surface area (Å²) < 4.78 is 1.67. The van der Waals surface area contributed by atoms with Gasteiger partial charge in [-0.05, 0) is 18.2 Å². The fourth-order valence-corrected chi connectivity index (χ4v) is 1.35. The van der Waals surface area contributed by atoms with Gasteiger partial charge < -0.3 is 10.7 Å². The Hall–Kier alpha value is -2.48. The Kier molecular flexibility index (Phi) is 3.49. The SMILES string of the molecule is Cn1ccc(CNC(=O)c2ccc(NN)nn2)n1. The van der Waals surface area contributed by atoms with Crippen molar-refractivity contribution in [3.05, 3.63) is 35.8 Å². The van der Waals surface area contributed by atoms with Crippen LogP contribution in [-0.2, 0) is 13.6 Å². The van der Waals surface area contributed by atoms with Crippen LogP contribution in [0.25, 0.3) is 0 Å². The van der Waals surface area contributed by atoms with E-state index < -0.39 is 0 Å². The molecule has 0 saturated heterocycles. The second kappa shape index (κ2) is 5.23. The van der Waals surface area contributed by atoms with Crippen LogP contribution in [0.5, 0.6) is 0 Å². The second-order valence-electron chi connectivity index (χ2n) is 3.61. The molecule has 8 nitrogen and oxygen atoms in total. The molecule has 2 aromatic rings. The van der Waals surface area contributed by atoms with Crippen molar-refractivity contribution in [1.29, 1.82) is 0 Å². The first-order valence-electron chi connectivity index (χ1n) is 5.26. The van der Waals surface area contributed by atoms with E-state index in [0.29, 0.717) is 12.4 Å². The van der Waals surface area contributed by atoms with Gasteiger partial charge in [-0.15, -0.1) is 10.2 Å². The predicted octanol–water partition coefficient (Wildman–Crippen LogP) is -0.574. The molecule has 0 fully saturated rings. The molecule has 0 spiro atoms. The zero-order valence-electron chi connectivity index (χ0n) is 9.79. The van der Waals surface area contributed by atoms with Crippen molar-refractivity contribution < 1.29 is 4.79 Å². The van der Waals surface area contributed by atoms with Gasteiger partial charge in [-0.2, -0.15) is 5.10 Å². The van der Waals surface area contributed by atoms with E-state index in [1.165, 1.54) is 6.07 Å². The zero-order chi connectivity index (χ0) is 13.0. The van der Waals surface area contributed by atoms with E-state index in [0.717, 1.165) is 5.69 Å². The Labute approximate surface area is 103 Å². The Morgan fingerprint density at radius 3 is 2.78 bits per heavy atom. The molecular formula is C10H13N7O. The second-order valence-corrected chi connectivity index (χ2v) is 3.61. The van der Waals surface area contributed by atoms with Crippen LogP contribution in [0.15, 0.2) is 24.4 Å². The number of carbonyl (C=O) groups excluding carboxylic acids is 1. The highest BCUT2D eigenvalue weighted by molar-refractivity contribution is 5.92. The predicted molar refractivity (Wildman–Crippen MR) is 64.2 cm³/mol. The van der Waals surface area contributed by atoms with Crippen molar-refractivity contribution in [2.75, 3.05) is 5.43 Å². The Morgan fingerprint density at radius 2 is 2.22 bits per heavy atom. The van der Waals surface area contributed by atoms with Crippen molar-refractivity contribution in [2.45, 2.75) is 6.54 Å². The van der Waals surface area contributed by atoms with Crippen LogP contribution in [0, 0.1) is 0 Å². The molecule has 0 unspecified atom stereocenters. The standard InChI is InChI=1S/C10H13N7O/c1-17-5-4-7(16-17)6-12-10(18)8-2-3-9(13-11)15-14-8/h2-5H,6,11H2,1H3,(H,12,18)(H,13,15). The average molecular weight is 247 g/mol. The van der Waals surface area contributed by atoms with Crippen LogP contribution in [0.3, 0.4) is 0 Å². The molecule has 0 bridgehead atoms. The highest BCUT2D eigenvalue weighted by Gasteiger charge is 2.08. The van der Waals surface area contributed by atoms with E-state index in [9.17, 15) is 4.79 Å². The number of nitrogen functional groups attached to an aromatic ring is 1. The number of hydrogen-bond donors (Lipinski definition) is 3. The highest BCUT2D eigenvalue weighted by Crippen LogP contribution is 2.00. The number of carbonyl (C=O) groups is 1. The van der Waals surface area contributed by atoms with Gasteiger partial charge in [0.15, 0.2) is 11.5 Å². The number of hydrogen-bond acceptors (Lipinski definition) is 6. The summed E-state index contributed by atoms with van der Waals surface area (Å²) in [6.45, 7) is 0.345. The molecule has 0 saturated carbocycles. The normalized spacial score (nSPS) is 10.1. The number of hydrazine groups is 1. The van der Waals surface area contributed by atoms with Crippen LogP contribution >= 0.6 is 0 Å². The molecule has 0 radical (unpaired) electrons. The van der Waals surface area contributed by atoms with Gasteiger partial charge in [-0.25, -0.2) is 5.84 Å². The molecule has 94 valence electrons. The highest BCUT2D eigenvalue weighted by atomic mass is 16.1. The third kappa shape index (κ3) is 2.80. The van der Waals surface area contributed by atoms with Crippen molar-refractivity contribution in [3.63, 3.8) is 0 Å². The number of nitrogens with two attached hydrogens (primary N) is 1. The van der Waals surface area contributed by atoms with Crippen LogP contribution in [0.2, 0.25) is 0 Å². The van der Waals surface area contributed by atoms with Crippen LogP contribution < -0.4 is 16.6 Å². The summed E-state index contributed by atoms with van der Waals surface area (Å²) in [5.41, 5.74) is 3.34. The lowest BCUT2D eigenvalue weighted by Gasteiger charge is -2.02. The lowest BCUT2D eigenvalue weighted by atomic mass is 10.3. The van der Waals surface area contributed by atoms with Gasteiger partial charge in [0.2, 0.25) is 0 Å². The van der Waals surface area contributed by atoms with Gasteiger partial charge in [0, 0.05) is 13.2 Å². The van der Waals surface area contributed by atoms with Crippen molar-refractivity contribution >= 4 is 11.7 Å². The van der Waals surface area contributed by atoms with Crippen molar-refractivity contribution in [3.8, 4) is 0 Å².